The van der Waals surface area contributed by atoms with Crippen LogP contribution in [-0.2, 0) is 16.7 Å². The van der Waals surface area contributed by atoms with Crippen molar-refractivity contribution < 1.29 is 22.1 Å². The molecule has 0 radical (unpaired) electrons. The largest absolute Gasteiger partial charge is 0.495 e. The van der Waals surface area contributed by atoms with Crippen LogP contribution in [0.2, 0.25) is 0 Å². The van der Waals surface area contributed by atoms with E-state index in [-0.39, 0.29) is 17.8 Å². The second kappa shape index (κ2) is 7.87. The molecule has 1 saturated carbocycles. The molecule has 1 N–H and O–H groups in total. The summed E-state index contributed by atoms with van der Waals surface area (Å²) in [7, 11) is -2.05. The number of anilines is 1. The number of carbonyl (C=O) groups excluding carboxylic acids is 1. The van der Waals surface area contributed by atoms with Crippen molar-refractivity contribution in [1.82, 2.24) is 4.90 Å². The van der Waals surface area contributed by atoms with Crippen molar-refractivity contribution in [2.45, 2.75) is 25.4 Å². The van der Waals surface area contributed by atoms with E-state index in [2.05, 4.69) is 5.32 Å². The highest BCUT2D eigenvalue weighted by atomic mass is 32.2. The number of benzene rings is 2. The molecule has 2 amide bonds. The average Bonchev–Trinajstić information content (AvgIpc) is 3.44. The van der Waals surface area contributed by atoms with Crippen molar-refractivity contribution in [3.63, 3.8) is 0 Å². The average molecular weight is 390 g/mol. The van der Waals surface area contributed by atoms with Crippen molar-refractivity contribution >= 4 is 21.8 Å². The van der Waals surface area contributed by atoms with Gasteiger partial charge in [-0.25, -0.2) is 4.79 Å². The predicted octanol–water partition coefficient (Wildman–Crippen LogP) is 3.23. The Hall–Kier alpha value is -2.74. The molecular weight excluding hydrogens is 368 g/mol. The molecule has 1 aliphatic rings. The highest BCUT2D eigenvalue weighted by molar-refractivity contribution is 7.86. The number of hydrogen-bond donors (Lipinski definition) is 1. The molecule has 0 aromatic heterocycles. The third kappa shape index (κ3) is 5.37. The molecule has 0 spiro atoms. The lowest BCUT2D eigenvalue weighted by atomic mass is 10.2. The Labute approximate surface area is 159 Å². The van der Waals surface area contributed by atoms with E-state index in [1.165, 1.54) is 0 Å². The number of nitrogens with zero attached hydrogens (tertiary/aromatic N) is 1. The molecule has 0 saturated heterocycles. The molecule has 1 aliphatic carbocycles. The first kappa shape index (κ1) is 19.0. The van der Waals surface area contributed by atoms with Gasteiger partial charge in [0.25, 0.3) is 0 Å². The van der Waals surface area contributed by atoms with E-state index in [1.54, 1.807) is 42.3 Å². The lowest BCUT2D eigenvalue weighted by molar-refractivity contribution is 0.206. The van der Waals surface area contributed by atoms with E-state index in [1.807, 2.05) is 18.2 Å². The molecule has 27 heavy (non-hydrogen) atoms. The van der Waals surface area contributed by atoms with E-state index in [4.69, 9.17) is 8.92 Å². The van der Waals surface area contributed by atoms with Gasteiger partial charge in [0.2, 0.25) is 0 Å². The fraction of sp³-hybridized carbons (Fsp3) is 0.316. The summed E-state index contributed by atoms with van der Waals surface area (Å²) in [5, 5.41) is 2.89. The first-order chi connectivity index (χ1) is 12.9. The normalized spacial score (nSPS) is 13.7. The van der Waals surface area contributed by atoms with Crippen LogP contribution in [0, 0.1) is 0 Å². The van der Waals surface area contributed by atoms with Crippen molar-refractivity contribution in [1.29, 1.82) is 0 Å². The highest BCUT2D eigenvalue weighted by Gasteiger charge is 2.33. The summed E-state index contributed by atoms with van der Waals surface area (Å²) in [5.41, 5.74) is 1.39. The minimum atomic E-state index is -3.60. The maximum atomic E-state index is 12.8. The quantitative estimate of drug-likeness (QED) is 0.734. The van der Waals surface area contributed by atoms with E-state index in [9.17, 15) is 13.2 Å². The van der Waals surface area contributed by atoms with Crippen molar-refractivity contribution in [2.75, 3.05) is 18.7 Å². The van der Waals surface area contributed by atoms with Gasteiger partial charge in [-0.15, -0.1) is 0 Å². The van der Waals surface area contributed by atoms with Gasteiger partial charge in [0, 0.05) is 12.6 Å². The number of amides is 2. The number of carbonyl (C=O) groups is 1. The molecule has 7 nitrogen and oxygen atoms in total. The number of para-hydroxylation sites is 2. The Morgan fingerprint density at radius 2 is 1.93 bits per heavy atom. The van der Waals surface area contributed by atoms with Crippen LogP contribution in [0.3, 0.4) is 0 Å². The summed E-state index contributed by atoms with van der Waals surface area (Å²) in [5.74, 6) is 0.820. The molecule has 3 rings (SSSR count). The van der Waals surface area contributed by atoms with Gasteiger partial charge in [-0.1, -0.05) is 24.3 Å². The highest BCUT2D eigenvalue weighted by Crippen LogP contribution is 2.31. The Kier molecular flexibility index (Phi) is 5.55. The van der Waals surface area contributed by atoms with Crippen LogP contribution in [0.5, 0.6) is 11.5 Å². The number of methoxy groups -OCH3 is 1. The molecule has 1 fully saturated rings. The van der Waals surface area contributed by atoms with Gasteiger partial charge in [0.05, 0.1) is 19.1 Å². The van der Waals surface area contributed by atoms with Crippen LogP contribution in [0.1, 0.15) is 18.4 Å². The maximum Gasteiger partial charge on any atom is 0.322 e. The van der Waals surface area contributed by atoms with Crippen molar-refractivity contribution in [2.24, 2.45) is 0 Å². The van der Waals surface area contributed by atoms with Gasteiger partial charge in [-0.3, -0.25) is 0 Å². The Balaban J connectivity index is 1.75. The molecule has 8 heteroatoms. The summed E-state index contributed by atoms with van der Waals surface area (Å²) in [6.07, 6.45) is 2.88. The van der Waals surface area contributed by atoms with E-state index in [0.717, 1.165) is 24.7 Å². The summed E-state index contributed by atoms with van der Waals surface area (Å²) in [6.45, 7) is 0.354. The SMILES string of the molecule is COc1ccccc1NC(=O)N(Cc1cccc(OS(C)(=O)=O)c1)C1CC1. The number of rotatable bonds is 7. The predicted molar refractivity (Wildman–Crippen MR) is 102 cm³/mol. The van der Waals surface area contributed by atoms with Gasteiger partial charge < -0.3 is 19.1 Å². The minimum Gasteiger partial charge on any atom is -0.495 e. The van der Waals surface area contributed by atoms with Gasteiger partial charge in [-0.2, -0.15) is 8.42 Å². The molecule has 0 atom stereocenters. The Bertz CT molecular complexity index is 925. The van der Waals surface area contributed by atoms with Crippen LogP contribution in [0.25, 0.3) is 0 Å². The number of urea groups is 1. The van der Waals surface area contributed by atoms with Crippen molar-refractivity contribution in [3.8, 4) is 11.5 Å². The van der Waals surface area contributed by atoms with Crippen LogP contribution in [-0.4, -0.2) is 38.8 Å². The molecule has 0 bridgehead atoms. The van der Waals surface area contributed by atoms with Crippen LogP contribution < -0.4 is 14.2 Å². The van der Waals surface area contributed by atoms with Crippen LogP contribution in [0.15, 0.2) is 48.5 Å². The van der Waals surface area contributed by atoms with E-state index >= 15 is 0 Å². The third-order valence-electron chi connectivity index (χ3n) is 4.10. The van der Waals surface area contributed by atoms with Crippen LogP contribution >= 0.6 is 0 Å². The number of ether oxygens (including phenoxy) is 1. The summed E-state index contributed by atoms with van der Waals surface area (Å²) in [6, 6.07) is 13.9. The molecule has 0 aliphatic heterocycles. The van der Waals surface area contributed by atoms with E-state index in [0.29, 0.717) is 18.0 Å². The minimum absolute atomic E-state index is 0.166. The molecule has 144 valence electrons. The molecule has 2 aromatic carbocycles. The zero-order valence-electron chi connectivity index (χ0n) is 15.2. The third-order valence-corrected chi connectivity index (χ3v) is 4.59. The topological polar surface area (TPSA) is 84.9 Å². The standard InChI is InChI=1S/C19H22N2O5S/c1-25-18-9-4-3-8-17(18)20-19(22)21(15-10-11-15)13-14-6-5-7-16(12-14)26-27(2,23)24/h3-9,12,15H,10-11,13H2,1-2H3,(H,20,22). The summed E-state index contributed by atoms with van der Waals surface area (Å²) >= 11 is 0. The Morgan fingerprint density at radius 1 is 1.19 bits per heavy atom. The Morgan fingerprint density at radius 3 is 2.59 bits per heavy atom. The van der Waals surface area contributed by atoms with Crippen molar-refractivity contribution in [3.05, 3.63) is 54.1 Å². The first-order valence-electron chi connectivity index (χ1n) is 8.55. The van der Waals surface area contributed by atoms with E-state index < -0.39 is 10.1 Å². The molecular formula is C19H22N2O5S. The summed E-state index contributed by atoms with van der Waals surface area (Å²) in [4.78, 5) is 14.6. The monoisotopic (exact) mass is 390 g/mol. The van der Waals surface area contributed by atoms with Gasteiger partial charge in [-0.05, 0) is 42.7 Å². The first-order valence-corrected chi connectivity index (χ1v) is 10.4. The lowest BCUT2D eigenvalue weighted by Crippen LogP contribution is -2.36. The molecule has 0 unspecified atom stereocenters. The lowest BCUT2D eigenvalue weighted by Gasteiger charge is -2.23. The molecule has 2 aromatic rings. The van der Waals surface area contributed by atoms with Crippen LogP contribution in [0.4, 0.5) is 10.5 Å². The van der Waals surface area contributed by atoms with Gasteiger partial charge in [0.15, 0.2) is 0 Å². The van der Waals surface area contributed by atoms with Gasteiger partial charge >= 0.3 is 16.1 Å². The summed E-state index contributed by atoms with van der Waals surface area (Å²) < 4.78 is 32.8. The zero-order chi connectivity index (χ0) is 19.4. The second-order valence-electron chi connectivity index (χ2n) is 6.42. The second-order valence-corrected chi connectivity index (χ2v) is 8.00. The number of hydrogen-bond acceptors (Lipinski definition) is 5. The fourth-order valence-electron chi connectivity index (χ4n) is 2.76. The number of nitrogens with one attached hydrogen (secondary N) is 1. The fourth-order valence-corrected chi connectivity index (χ4v) is 3.21. The maximum absolute atomic E-state index is 12.8. The van der Waals surface area contributed by atoms with Gasteiger partial charge in [0.1, 0.15) is 11.5 Å². The zero-order valence-corrected chi connectivity index (χ0v) is 16.0. The molecule has 0 heterocycles. The smallest absolute Gasteiger partial charge is 0.322 e.